The monoisotopic (exact) mass is 390 g/mol. The van der Waals surface area contributed by atoms with Crippen molar-refractivity contribution in [3.8, 4) is 0 Å². The number of benzene rings is 1. The topological polar surface area (TPSA) is 58.6 Å². The second-order valence-corrected chi connectivity index (χ2v) is 7.47. The number of carbonyl (C=O) groups excluding carboxylic acids is 2. The van der Waals surface area contributed by atoms with Crippen molar-refractivity contribution < 1.29 is 31.9 Å². The molecule has 9 heteroatoms. The SMILES string of the molecule is CC1C(NC(=O)c2ccc(F)cc2C(F)(F)F)CCN1C(=O)OC(C)(C)C. The van der Waals surface area contributed by atoms with Crippen molar-refractivity contribution in [2.45, 2.75) is 58.0 Å². The molecule has 1 aliphatic heterocycles. The fourth-order valence-corrected chi connectivity index (χ4v) is 2.91. The van der Waals surface area contributed by atoms with Gasteiger partial charge < -0.3 is 15.0 Å². The number of halogens is 4. The van der Waals surface area contributed by atoms with Crippen LogP contribution in [0, 0.1) is 5.82 Å². The summed E-state index contributed by atoms with van der Waals surface area (Å²) in [6, 6.07) is 0.892. The summed E-state index contributed by atoms with van der Waals surface area (Å²) in [7, 11) is 0. The van der Waals surface area contributed by atoms with Crippen molar-refractivity contribution in [1.82, 2.24) is 10.2 Å². The van der Waals surface area contributed by atoms with E-state index >= 15 is 0 Å². The Balaban J connectivity index is 2.13. The highest BCUT2D eigenvalue weighted by Gasteiger charge is 2.39. The molecule has 0 radical (unpaired) electrons. The Labute approximate surface area is 154 Å². The van der Waals surface area contributed by atoms with E-state index in [1.165, 1.54) is 4.90 Å². The summed E-state index contributed by atoms with van der Waals surface area (Å²) in [6.07, 6.45) is -5.04. The number of alkyl halides is 3. The smallest absolute Gasteiger partial charge is 0.417 e. The Bertz CT molecular complexity index is 728. The normalized spacial score (nSPS) is 20.5. The third-order valence-electron chi connectivity index (χ3n) is 4.23. The Morgan fingerprint density at radius 3 is 2.41 bits per heavy atom. The summed E-state index contributed by atoms with van der Waals surface area (Å²) < 4.78 is 57.7. The van der Waals surface area contributed by atoms with Gasteiger partial charge >= 0.3 is 12.3 Å². The zero-order valence-corrected chi connectivity index (χ0v) is 15.5. The quantitative estimate of drug-likeness (QED) is 0.778. The number of hydrogen-bond donors (Lipinski definition) is 1. The van der Waals surface area contributed by atoms with Crippen LogP contribution in [0.3, 0.4) is 0 Å². The summed E-state index contributed by atoms with van der Waals surface area (Å²) in [5.41, 5.74) is -2.69. The van der Waals surface area contributed by atoms with E-state index in [-0.39, 0.29) is 0 Å². The molecule has 2 atom stereocenters. The lowest BCUT2D eigenvalue weighted by molar-refractivity contribution is -0.138. The zero-order chi connectivity index (χ0) is 20.6. The number of rotatable bonds is 2. The van der Waals surface area contributed by atoms with E-state index < -0.39 is 52.8 Å². The zero-order valence-electron chi connectivity index (χ0n) is 15.5. The summed E-state index contributed by atoms with van der Waals surface area (Å²) in [5, 5.41) is 2.51. The number of amides is 2. The summed E-state index contributed by atoms with van der Waals surface area (Å²) in [4.78, 5) is 26.0. The molecule has 1 N–H and O–H groups in total. The van der Waals surface area contributed by atoms with Crippen LogP contribution in [0.15, 0.2) is 18.2 Å². The highest BCUT2D eigenvalue weighted by molar-refractivity contribution is 5.96. The number of ether oxygens (including phenoxy) is 1. The van der Waals surface area contributed by atoms with Gasteiger partial charge in [-0.05, 0) is 52.3 Å². The first-order chi connectivity index (χ1) is 12.3. The maximum atomic E-state index is 13.2. The Kier molecular flexibility index (Phi) is 5.72. The molecule has 0 bridgehead atoms. The van der Waals surface area contributed by atoms with E-state index in [2.05, 4.69) is 5.32 Å². The molecule has 1 aromatic carbocycles. The van der Waals surface area contributed by atoms with E-state index in [1.54, 1.807) is 27.7 Å². The molecule has 2 rings (SSSR count). The number of hydrogen-bond acceptors (Lipinski definition) is 3. The van der Waals surface area contributed by atoms with Gasteiger partial charge in [0.15, 0.2) is 0 Å². The average molecular weight is 390 g/mol. The largest absolute Gasteiger partial charge is 0.444 e. The fourth-order valence-electron chi connectivity index (χ4n) is 2.91. The predicted octanol–water partition coefficient (Wildman–Crippen LogP) is 3.97. The minimum absolute atomic E-state index is 0.292. The van der Waals surface area contributed by atoms with Crippen LogP contribution in [0.25, 0.3) is 0 Å². The molecule has 0 aliphatic carbocycles. The van der Waals surface area contributed by atoms with E-state index in [0.717, 1.165) is 12.1 Å². The minimum Gasteiger partial charge on any atom is -0.444 e. The van der Waals surface area contributed by atoms with Crippen molar-refractivity contribution in [2.75, 3.05) is 6.54 Å². The van der Waals surface area contributed by atoms with Gasteiger partial charge in [0.1, 0.15) is 11.4 Å². The van der Waals surface area contributed by atoms with Gasteiger partial charge in [-0.1, -0.05) is 0 Å². The second-order valence-electron chi connectivity index (χ2n) is 7.47. The Hall–Kier alpha value is -2.32. The molecule has 150 valence electrons. The van der Waals surface area contributed by atoms with Crippen molar-refractivity contribution in [1.29, 1.82) is 0 Å². The first-order valence-corrected chi connectivity index (χ1v) is 8.47. The summed E-state index contributed by atoms with van der Waals surface area (Å²) in [5.74, 6) is -2.05. The van der Waals surface area contributed by atoms with Gasteiger partial charge in [0.05, 0.1) is 23.2 Å². The maximum Gasteiger partial charge on any atom is 0.417 e. The maximum absolute atomic E-state index is 13.2. The lowest BCUT2D eigenvalue weighted by Gasteiger charge is -2.28. The minimum atomic E-state index is -4.86. The summed E-state index contributed by atoms with van der Waals surface area (Å²) in [6.45, 7) is 7.14. The third-order valence-corrected chi connectivity index (χ3v) is 4.23. The molecule has 1 saturated heterocycles. The number of nitrogens with zero attached hydrogens (tertiary/aromatic N) is 1. The highest BCUT2D eigenvalue weighted by Crippen LogP contribution is 2.33. The van der Waals surface area contributed by atoms with Crippen LogP contribution >= 0.6 is 0 Å². The van der Waals surface area contributed by atoms with Crippen molar-refractivity contribution in [3.63, 3.8) is 0 Å². The number of carbonyl (C=O) groups is 2. The van der Waals surface area contributed by atoms with Crippen LogP contribution in [0.2, 0.25) is 0 Å². The van der Waals surface area contributed by atoms with Gasteiger partial charge in [-0.3, -0.25) is 4.79 Å². The lowest BCUT2D eigenvalue weighted by atomic mass is 10.0. The van der Waals surface area contributed by atoms with Crippen LogP contribution in [0.4, 0.5) is 22.4 Å². The molecule has 0 spiro atoms. The van der Waals surface area contributed by atoms with Gasteiger partial charge in [-0.2, -0.15) is 13.2 Å². The molecule has 2 amide bonds. The van der Waals surface area contributed by atoms with Gasteiger partial charge in [-0.15, -0.1) is 0 Å². The molecule has 1 fully saturated rings. The highest BCUT2D eigenvalue weighted by atomic mass is 19.4. The van der Waals surface area contributed by atoms with E-state index in [9.17, 15) is 27.2 Å². The Morgan fingerprint density at radius 1 is 1.22 bits per heavy atom. The van der Waals surface area contributed by atoms with Crippen LogP contribution in [-0.2, 0) is 10.9 Å². The molecular formula is C18H22F4N2O3. The molecular weight excluding hydrogens is 368 g/mol. The molecule has 0 saturated carbocycles. The summed E-state index contributed by atoms with van der Waals surface area (Å²) >= 11 is 0. The fraction of sp³-hybridized carbons (Fsp3) is 0.556. The molecule has 1 aromatic rings. The molecule has 2 unspecified atom stereocenters. The second kappa shape index (κ2) is 7.36. The molecule has 27 heavy (non-hydrogen) atoms. The van der Waals surface area contributed by atoms with Crippen LogP contribution in [-0.4, -0.2) is 41.1 Å². The predicted molar refractivity (Wildman–Crippen MR) is 89.7 cm³/mol. The van der Waals surface area contributed by atoms with Gasteiger partial charge in [0.2, 0.25) is 0 Å². The first kappa shape index (κ1) is 21.0. The van der Waals surface area contributed by atoms with Crippen LogP contribution in [0.1, 0.15) is 50.0 Å². The van der Waals surface area contributed by atoms with Crippen molar-refractivity contribution in [2.24, 2.45) is 0 Å². The number of nitrogens with one attached hydrogen (secondary N) is 1. The van der Waals surface area contributed by atoms with Gasteiger partial charge in [-0.25, -0.2) is 9.18 Å². The standard InChI is InChI=1S/C18H22F4N2O3/c1-10-14(7-8-24(10)16(26)27-17(2,3)4)23-15(25)12-6-5-11(19)9-13(12)18(20,21)22/h5-6,9-10,14H,7-8H2,1-4H3,(H,23,25). The van der Waals surface area contributed by atoms with E-state index in [4.69, 9.17) is 4.74 Å². The third kappa shape index (κ3) is 5.11. The van der Waals surface area contributed by atoms with Gasteiger partial charge in [0.25, 0.3) is 5.91 Å². The van der Waals surface area contributed by atoms with Crippen LogP contribution in [0.5, 0.6) is 0 Å². The molecule has 0 aromatic heterocycles. The van der Waals surface area contributed by atoms with Gasteiger partial charge in [0, 0.05) is 6.54 Å². The number of likely N-dealkylation sites (tertiary alicyclic amines) is 1. The van der Waals surface area contributed by atoms with E-state index in [1.807, 2.05) is 0 Å². The average Bonchev–Trinajstić information content (AvgIpc) is 2.85. The first-order valence-electron chi connectivity index (χ1n) is 8.47. The molecule has 1 aliphatic rings. The van der Waals surface area contributed by atoms with E-state index in [0.29, 0.717) is 19.0 Å². The lowest BCUT2D eigenvalue weighted by Crippen LogP contribution is -2.46. The Morgan fingerprint density at radius 2 is 1.85 bits per heavy atom. The van der Waals surface area contributed by atoms with Crippen LogP contribution < -0.4 is 5.32 Å². The van der Waals surface area contributed by atoms with Crippen molar-refractivity contribution >= 4 is 12.0 Å². The molecule has 5 nitrogen and oxygen atoms in total. The molecule has 1 heterocycles. The van der Waals surface area contributed by atoms with Crippen molar-refractivity contribution in [3.05, 3.63) is 35.1 Å².